The molecule has 5 heteroatoms. The van der Waals surface area contributed by atoms with Gasteiger partial charge in [-0.05, 0) is 57.4 Å². The number of hydrogen-bond acceptors (Lipinski definition) is 5. The molecule has 2 aromatic rings. The number of benzene rings is 2. The lowest BCUT2D eigenvalue weighted by molar-refractivity contribution is 0.0600. The van der Waals surface area contributed by atoms with Crippen LogP contribution in [0.4, 0.5) is 11.4 Å². The molecule has 1 aliphatic rings. The fourth-order valence-electron chi connectivity index (χ4n) is 2.86. The van der Waals surface area contributed by atoms with E-state index < -0.39 is 0 Å². The molecule has 0 saturated carbocycles. The van der Waals surface area contributed by atoms with Crippen LogP contribution in [-0.2, 0) is 4.74 Å². The van der Waals surface area contributed by atoms with Crippen molar-refractivity contribution < 1.29 is 9.53 Å². The molecule has 0 spiro atoms. The third-order valence-electron chi connectivity index (χ3n) is 4.03. The Labute approximate surface area is 147 Å². The second kappa shape index (κ2) is 7.28. The normalized spacial score (nSPS) is 12.8. The van der Waals surface area contributed by atoms with Gasteiger partial charge >= 0.3 is 5.97 Å². The Morgan fingerprint density at radius 1 is 1.12 bits per heavy atom. The van der Waals surface area contributed by atoms with Gasteiger partial charge in [-0.2, -0.15) is 0 Å². The van der Waals surface area contributed by atoms with Crippen molar-refractivity contribution in [3.05, 3.63) is 48.0 Å². The van der Waals surface area contributed by atoms with E-state index in [0.29, 0.717) is 5.56 Å². The SMILES string of the molecule is COC(=O)c1ccc2c(c1)N(CCCN(C)C)c1ccccc1S2. The molecule has 4 nitrogen and oxygen atoms in total. The first-order chi connectivity index (χ1) is 11.6. The van der Waals surface area contributed by atoms with Crippen LogP contribution in [-0.4, -0.2) is 45.2 Å². The Kier molecular flexibility index (Phi) is 5.11. The van der Waals surface area contributed by atoms with Gasteiger partial charge in [0.15, 0.2) is 0 Å². The summed E-state index contributed by atoms with van der Waals surface area (Å²) in [5.41, 5.74) is 2.88. The van der Waals surface area contributed by atoms with Gasteiger partial charge in [0.2, 0.25) is 0 Å². The average molecular weight is 342 g/mol. The highest BCUT2D eigenvalue weighted by molar-refractivity contribution is 7.99. The van der Waals surface area contributed by atoms with Crippen LogP contribution in [0.2, 0.25) is 0 Å². The Morgan fingerprint density at radius 3 is 2.62 bits per heavy atom. The third kappa shape index (κ3) is 3.42. The van der Waals surface area contributed by atoms with Gasteiger partial charge in [-0.3, -0.25) is 0 Å². The summed E-state index contributed by atoms with van der Waals surface area (Å²) in [7, 11) is 5.59. The molecule has 126 valence electrons. The molecule has 0 N–H and O–H groups in total. The summed E-state index contributed by atoms with van der Waals surface area (Å²) in [6, 6.07) is 14.2. The van der Waals surface area contributed by atoms with Crippen LogP contribution in [0, 0.1) is 0 Å². The summed E-state index contributed by atoms with van der Waals surface area (Å²) in [4.78, 5) is 18.8. The number of rotatable bonds is 5. The Balaban J connectivity index is 1.97. The molecule has 1 aliphatic heterocycles. The summed E-state index contributed by atoms with van der Waals surface area (Å²) in [6.07, 6.45) is 1.05. The van der Waals surface area contributed by atoms with Crippen molar-refractivity contribution in [3.63, 3.8) is 0 Å². The number of methoxy groups -OCH3 is 1. The molecule has 0 aromatic heterocycles. The zero-order valence-corrected chi connectivity index (χ0v) is 15.1. The zero-order chi connectivity index (χ0) is 17.1. The minimum Gasteiger partial charge on any atom is -0.465 e. The van der Waals surface area contributed by atoms with Gasteiger partial charge in [0.25, 0.3) is 0 Å². The summed E-state index contributed by atoms with van der Waals surface area (Å²) >= 11 is 1.75. The first-order valence-corrected chi connectivity index (χ1v) is 8.83. The van der Waals surface area contributed by atoms with Crippen molar-refractivity contribution in [2.24, 2.45) is 0 Å². The monoisotopic (exact) mass is 342 g/mol. The largest absolute Gasteiger partial charge is 0.465 e. The first kappa shape index (κ1) is 16.9. The number of hydrogen-bond donors (Lipinski definition) is 0. The van der Waals surface area contributed by atoms with Crippen molar-refractivity contribution in [1.29, 1.82) is 0 Å². The van der Waals surface area contributed by atoms with Crippen molar-refractivity contribution >= 4 is 29.1 Å². The summed E-state index contributed by atoms with van der Waals surface area (Å²) in [5.74, 6) is -0.296. The maximum atomic E-state index is 11.9. The molecule has 2 aromatic carbocycles. The molecule has 0 fully saturated rings. The van der Waals surface area contributed by atoms with E-state index in [9.17, 15) is 4.79 Å². The van der Waals surface area contributed by atoms with E-state index in [1.165, 1.54) is 22.6 Å². The van der Waals surface area contributed by atoms with Crippen LogP contribution in [0.25, 0.3) is 0 Å². The smallest absolute Gasteiger partial charge is 0.337 e. The molecular formula is C19H22N2O2S. The molecule has 0 atom stereocenters. The highest BCUT2D eigenvalue weighted by atomic mass is 32.2. The maximum Gasteiger partial charge on any atom is 0.337 e. The Bertz CT molecular complexity index is 746. The number of esters is 1. The van der Waals surface area contributed by atoms with Gasteiger partial charge in [0.05, 0.1) is 24.0 Å². The van der Waals surface area contributed by atoms with Crippen molar-refractivity contribution in [2.75, 3.05) is 39.2 Å². The van der Waals surface area contributed by atoms with Crippen molar-refractivity contribution in [3.8, 4) is 0 Å². The minimum atomic E-state index is -0.296. The molecule has 1 heterocycles. The lowest BCUT2D eigenvalue weighted by Crippen LogP contribution is -2.25. The predicted octanol–water partition coefficient (Wildman–Crippen LogP) is 4.03. The average Bonchev–Trinajstić information content (AvgIpc) is 2.59. The van der Waals surface area contributed by atoms with Gasteiger partial charge in [-0.1, -0.05) is 23.9 Å². The van der Waals surface area contributed by atoms with Crippen molar-refractivity contribution in [1.82, 2.24) is 4.90 Å². The van der Waals surface area contributed by atoms with E-state index in [4.69, 9.17) is 4.74 Å². The number of carbonyl (C=O) groups is 1. The topological polar surface area (TPSA) is 32.8 Å². The minimum absolute atomic E-state index is 0.296. The van der Waals surface area contributed by atoms with Crippen LogP contribution in [0.1, 0.15) is 16.8 Å². The van der Waals surface area contributed by atoms with E-state index >= 15 is 0 Å². The molecule has 0 bridgehead atoms. The van der Waals surface area contributed by atoms with Crippen LogP contribution in [0.15, 0.2) is 52.3 Å². The number of carbonyl (C=O) groups excluding carboxylic acids is 1. The molecule has 0 radical (unpaired) electrons. The molecule has 0 unspecified atom stereocenters. The second-order valence-corrected chi connectivity index (χ2v) is 7.14. The molecule has 0 saturated heterocycles. The van der Waals surface area contributed by atoms with Gasteiger partial charge in [0, 0.05) is 16.3 Å². The van der Waals surface area contributed by atoms with Crippen LogP contribution in [0.3, 0.4) is 0 Å². The summed E-state index contributed by atoms with van der Waals surface area (Å²) in [6.45, 7) is 1.94. The number of fused-ring (bicyclic) bond motifs is 2. The fraction of sp³-hybridized carbons (Fsp3) is 0.316. The third-order valence-corrected chi connectivity index (χ3v) is 5.16. The standard InChI is InChI=1S/C19H22N2O2S/c1-20(2)11-6-12-21-15-7-4-5-8-17(15)24-18-10-9-14(13-16(18)21)19(22)23-3/h4-5,7-10,13H,6,11-12H2,1-3H3. The van der Waals surface area contributed by atoms with E-state index in [1.54, 1.807) is 11.8 Å². The predicted molar refractivity (Wildman–Crippen MR) is 98.5 cm³/mol. The number of para-hydroxylation sites is 1. The maximum absolute atomic E-state index is 11.9. The number of anilines is 2. The molecular weight excluding hydrogens is 320 g/mol. The van der Waals surface area contributed by atoms with E-state index in [0.717, 1.165) is 25.2 Å². The second-order valence-electron chi connectivity index (χ2n) is 6.05. The van der Waals surface area contributed by atoms with Crippen molar-refractivity contribution in [2.45, 2.75) is 16.2 Å². The zero-order valence-electron chi connectivity index (χ0n) is 14.3. The quantitative estimate of drug-likeness (QED) is 0.766. The molecule has 0 amide bonds. The van der Waals surface area contributed by atoms with E-state index in [1.807, 2.05) is 18.2 Å². The van der Waals surface area contributed by atoms with Crippen LogP contribution < -0.4 is 4.90 Å². The lowest BCUT2D eigenvalue weighted by atomic mass is 10.1. The van der Waals surface area contributed by atoms with Gasteiger partial charge < -0.3 is 14.5 Å². The van der Waals surface area contributed by atoms with Crippen LogP contribution >= 0.6 is 11.8 Å². The number of ether oxygens (including phenoxy) is 1. The lowest BCUT2D eigenvalue weighted by Gasteiger charge is -2.33. The summed E-state index contributed by atoms with van der Waals surface area (Å²) in [5, 5.41) is 0. The molecule has 3 rings (SSSR count). The molecule has 24 heavy (non-hydrogen) atoms. The fourth-order valence-corrected chi connectivity index (χ4v) is 3.94. The van der Waals surface area contributed by atoms with E-state index in [2.05, 4.69) is 48.2 Å². The highest BCUT2D eigenvalue weighted by Crippen LogP contribution is 2.48. The van der Waals surface area contributed by atoms with Gasteiger partial charge in [0.1, 0.15) is 0 Å². The Hall–Kier alpha value is -1.98. The first-order valence-electron chi connectivity index (χ1n) is 8.01. The van der Waals surface area contributed by atoms with Gasteiger partial charge in [-0.25, -0.2) is 4.79 Å². The summed E-state index contributed by atoms with van der Waals surface area (Å²) < 4.78 is 4.87. The van der Waals surface area contributed by atoms with E-state index in [-0.39, 0.29) is 5.97 Å². The number of nitrogens with zero attached hydrogens (tertiary/aromatic N) is 2. The Morgan fingerprint density at radius 2 is 1.88 bits per heavy atom. The van der Waals surface area contributed by atoms with Gasteiger partial charge in [-0.15, -0.1) is 0 Å². The molecule has 0 aliphatic carbocycles. The highest BCUT2D eigenvalue weighted by Gasteiger charge is 2.24. The van der Waals surface area contributed by atoms with Crippen LogP contribution in [0.5, 0.6) is 0 Å².